The van der Waals surface area contributed by atoms with Crippen molar-refractivity contribution < 1.29 is 9.64 Å². The van der Waals surface area contributed by atoms with Crippen LogP contribution >= 0.6 is 0 Å². The van der Waals surface area contributed by atoms with Crippen molar-refractivity contribution in [1.29, 1.82) is 0 Å². The smallest absolute Gasteiger partial charge is 0.328 e. The maximum absolute atomic E-state index is 11.3. The molecule has 0 aliphatic carbocycles. The van der Waals surface area contributed by atoms with E-state index in [1.165, 1.54) is 4.57 Å². The van der Waals surface area contributed by atoms with Crippen molar-refractivity contribution in [3.05, 3.63) is 26.5 Å². The number of aromatic amines is 1. The van der Waals surface area contributed by atoms with E-state index in [2.05, 4.69) is 4.98 Å². The topological polar surface area (TPSA) is 68.5 Å². The number of ether oxygens (including phenoxy) is 1. The molecule has 0 bridgehead atoms. The van der Waals surface area contributed by atoms with E-state index in [9.17, 15) is 9.59 Å². The fourth-order valence-corrected chi connectivity index (χ4v) is 1.52. The molecule has 2 heterocycles. The number of nitrogens with one attached hydrogen (secondary N) is 2. The maximum Gasteiger partial charge on any atom is 0.328 e. The Morgan fingerprint density at radius 3 is 2.93 bits per heavy atom. The summed E-state index contributed by atoms with van der Waals surface area (Å²) < 4.78 is 6.68. The lowest BCUT2D eigenvalue weighted by Crippen LogP contribution is -3.09. The summed E-state index contributed by atoms with van der Waals surface area (Å²) in [4.78, 5) is 25.9. The second-order valence-electron chi connectivity index (χ2n) is 3.52. The van der Waals surface area contributed by atoms with Crippen molar-refractivity contribution in [1.82, 2.24) is 9.55 Å². The monoisotopic (exact) mass is 198 g/mol. The molecule has 0 fully saturated rings. The van der Waals surface area contributed by atoms with Crippen LogP contribution in [-0.4, -0.2) is 23.3 Å². The third-order valence-electron chi connectivity index (χ3n) is 2.33. The highest BCUT2D eigenvalue weighted by molar-refractivity contribution is 5.24. The lowest BCUT2D eigenvalue weighted by atomic mass is 10.3. The largest absolute Gasteiger partial charge is 0.437 e. The number of nitrogens with zero attached hydrogens (tertiary/aromatic N) is 1. The molecule has 2 rings (SSSR count). The Hall–Kier alpha value is -1.56. The van der Waals surface area contributed by atoms with Crippen LogP contribution in [-0.2, 0) is 13.6 Å². The summed E-state index contributed by atoms with van der Waals surface area (Å²) in [6.07, 6.45) is 0. The molecule has 1 unspecified atom stereocenters. The molecule has 0 aromatic carbocycles. The quantitative estimate of drug-likeness (QED) is 0.482. The third-order valence-corrected chi connectivity index (χ3v) is 2.33. The summed E-state index contributed by atoms with van der Waals surface area (Å²) in [6.45, 7) is 1.08. The number of hydrogen-bond acceptors (Lipinski definition) is 3. The van der Waals surface area contributed by atoms with Crippen molar-refractivity contribution >= 4 is 0 Å². The molecule has 1 aromatic rings. The summed E-state index contributed by atoms with van der Waals surface area (Å²) in [5.41, 5.74) is -0.176. The van der Waals surface area contributed by atoms with Crippen LogP contribution < -0.4 is 20.9 Å². The predicted octanol–water partition coefficient (Wildman–Crippen LogP) is -2.56. The first-order valence-electron chi connectivity index (χ1n) is 4.36. The van der Waals surface area contributed by atoms with Gasteiger partial charge in [-0.25, -0.2) is 4.79 Å². The zero-order chi connectivity index (χ0) is 10.3. The second-order valence-corrected chi connectivity index (χ2v) is 3.52. The Balaban J connectivity index is 2.70. The standard InChI is InChI=1S/C8H11N3O3/c1-10-3-5-6(14-4-10)7(12)9-8(13)11(5)2/h3-4H2,1-2H3,(H,9,12,13)/p+1. The highest BCUT2D eigenvalue weighted by Crippen LogP contribution is 2.09. The average molecular weight is 198 g/mol. The van der Waals surface area contributed by atoms with Crippen LogP contribution in [0.4, 0.5) is 0 Å². The molecule has 2 N–H and O–H groups in total. The van der Waals surface area contributed by atoms with Gasteiger partial charge in [-0.3, -0.25) is 19.2 Å². The van der Waals surface area contributed by atoms with Crippen LogP contribution in [0.25, 0.3) is 0 Å². The van der Waals surface area contributed by atoms with E-state index in [1.54, 1.807) is 7.05 Å². The third kappa shape index (κ3) is 1.24. The highest BCUT2D eigenvalue weighted by atomic mass is 16.5. The van der Waals surface area contributed by atoms with E-state index in [4.69, 9.17) is 4.74 Å². The number of aromatic nitrogens is 2. The number of rotatable bonds is 0. The fourth-order valence-electron chi connectivity index (χ4n) is 1.52. The highest BCUT2D eigenvalue weighted by Gasteiger charge is 2.23. The summed E-state index contributed by atoms with van der Waals surface area (Å²) in [5.74, 6) is 0.276. The van der Waals surface area contributed by atoms with Crippen molar-refractivity contribution in [2.45, 2.75) is 6.54 Å². The van der Waals surface area contributed by atoms with E-state index in [-0.39, 0.29) is 5.75 Å². The molecule has 1 atom stereocenters. The molecule has 0 saturated heterocycles. The Morgan fingerprint density at radius 1 is 1.50 bits per heavy atom. The van der Waals surface area contributed by atoms with Crippen molar-refractivity contribution in [2.75, 3.05) is 13.8 Å². The molecule has 14 heavy (non-hydrogen) atoms. The maximum atomic E-state index is 11.3. The van der Waals surface area contributed by atoms with Crippen LogP contribution in [0.15, 0.2) is 9.59 Å². The average Bonchev–Trinajstić information content (AvgIpc) is 2.14. The molecule has 1 aromatic heterocycles. The summed E-state index contributed by atoms with van der Waals surface area (Å²) in [7, 11) is 3.56. The molecule has 6 nitrogen and oxygen atoms in total. The predicted molar refractivity (Wildman–Crippen MR) is 48.4 cm³/mol. The van der Waals surface area contributed by atoms with Crippen LogP contribution in [0.3, 0.4) is 0 Å². The molecular weight excluding hydrogens is 186 g/mol. The van der Waals surface area contributed by atoms with E-state index < -0.39 is 11.2 Å². The minimum atomic E-state index is -0.435. The van der Waals surface area contributed by atoms with Crippen molar-refractivity contribution in [3.63, 3.8) is 0 Å². The van der Waals surface area contributed by atoms with Crippen LogP contribution in [0.2, 0.25) is 0 Å². The first kappa shape index (κ1) is 9.01. The minimum Gasteiger partial charge on any atom is -0.437 e. The lowest BCUT2D eigenvalue weighted by Gasteiger charge is -2.23. The van der Waals surface area contributed by atoms with E-state index in [0.717, 1.165) is 4.90 Å². The van der Waals surface area contributed by atoms with Crippen LogP contribution in [0, 0.1) is 0 Å². The minimum absolute atomic E-state index is 0.276. The van der Waals surface area contributed by atoms with E-state index in [1.807, 2.05) is 7.05 Å². The fraction of sp³-hybridized carbons (Fsp3) is 0.500. The molecular formula is C8H12N3O3+. The summed E-state index contributed by atoms with van der Waals surface area (Å²) in [5, 5.41) is 0. The molecule has 0 radical (unpaired) electrons. The second kappa shape index (κ2) is 2.98. The Labute approximate surface area is 79.7 Å². The van der Waals surface area contributed by atoms with Gasteiger partial charge in [0, 0.05) is 7.05 Å². The number of H-pyrrole nitrogens is 1. The van der Waals surface area contributed by atoms with E-state index in [0.29, 0.717) is 19.0 Å². The molecule has 76 valence electrons. The van der Waals surface area contributed by atoms with Gasteiger partial charge >= 0.3 is 5.69 Å². The Bertz CT molecular complexity index is 474. The van der Waals surface area contributed by atoms with Gasteiger partial charge < -0.3 is 4.74 Å². The first-order valence-corrected chi connectivity index (χ1v) is 4.36. The number of hydrogen-bond donors (Lipinski definition) is 2. The van der Waals surface area contributed by atoms with Gasteiger partial charge in [0.15, 0.2) is 0 Å². The molecule has 0 saturated carbocycles. The van der Waals surface area contributed by atoms with Crippen molar-refractivity contribution in [2.24, 2.45) is 7.05 Å². The summed E-state index contributed by atoms with van der Waals surface area (Å²) in [6, 6.07) is 0. The molecule has 0 spiro atoms. The Kier molecular flexibility index (Phi) is 1.92. The van der Waals surface area contributed by atoms with Crippen LogP contribution in [0.5, 0.6) is 5.75 Å². The zero-order valence-corrected chi connectivity index (χ0v) is 8.09. The lowest BCUT2D eigenvalue weighted by molar-refractivity contribution is -0.913. The molecule has 0 amide bonds. The van der Waals surface area contributed by atoms with Crippen molar-refractivity contribution in [3.8, 4) is 5.75 Å². The van der Waals surface area contributed by atoms with Gasteiger partial charge in [-0.05, 0) is 0 Å². The van der Waals surface area contributed by atoms with Gasteiger partial charge in [-0.2, -0.15) is 0 Å². The van der Waals surface area contributed by atoms with Gasteiger partial charge in [-0.1, -0.05) is 0 Å². The normalized spacial score (nSPS) is 20.0. The van der Waals surface area contributed by atoms with Gasteiger partial charge in [0.2, 0.25) is 12.5 Å². The number of fused-ring (bicyclic) bond motifs is 1. The molecule has 1 aliphatic rings. The van der Waals surface area contributed by atoms with Crippen LogP contribution in [0.1, 0.15) is 5.69 Å². The summed E-state index contributed by atoms with van der Waals surface area (Å²) >= 11 is 0. The Morgan fingerprint density at radius 2 is 2.21 bits per heavy atom. The van der Waals surface area contributed by atoms with Gasteiger partial charge in [-0.15, -0.1) is 0 Å². The van der Waals surface area contributed by atoms with Gasteiger partial charge in [0.05, 0.1) is 7.05 Å². The van der Waals surface area contributed by atoms with Gasteiger partial charge in [0.1, 0.15) is 12.2 Å². The first-order chi connectivity index (χ1) is 6.59. The molecule has 6 heteroatoms. The SMILES string of the molecule is Cn1c2c(c(=O)[nH]c1=O)OC[NH+](C)C2. The molecule has 1 aliphatic heterocycles. The number of quaternary nitrogens is 1. The zero-order valence-electron chi connectivity index (χ0n) is 8.09. The van der Waals surface area contributed by atoms with Gasteiger partial charge in [0.25, 0.3) is 5.56 Å². The van der Waals surface area contributed by atoms with E-state index >= 15 is 0 Å².